The summed E-state index contributed by atoms with van der Waals surface area (Å²) >= 11 is 0. The molecule has 0 heterocycles. The molecule has 0 aromatic carbocycles. The topological polar surface area (TPSA) is 24.4 Å². The highest BCUT2D eigenvalue weighted by molar-refractivity contribution is 5.85. The molecule has 0 aromatic rings. The minimum Gasteiger partial charge on any atom is -0.388 e. The number of allylic oxidation sites excluding steroid dienone is 2. The van der Waals surface area contributed by atoms with Gasteiger partial charge in [0.25, 0.3) is 0 Å². The van der Waals surface area contributed by atoms with Gasteiger partial charge in [-0.3, -0.25) is 4.99 Å². The molecule has 0 amide bonds. The molecule has 4 unspecified atom stereocenters. The van der Waals surface area contributed by atoms with Crippen LogP contribution in [0.3, 0.4) is 0 Å². The van der Waals surface area contributed by atoms with Gasteiger partial charge in [-0.1, -0.05) is 57.9 Å². The zero-order chi connectivity index (χ0) is 20.5. The molecule has 2 heteroatoms. The smallest absolute Gasteiger partial charge is 0.0828 e. The van der Waals surface area contributed by atoms with Crippen molar-refractivity contribution in [2.75, 3.05) is 6.54 Å². The lowest BCUT2D eigenvalue weighted by atomic mass is 9.81. The molecule has 168 valence electrons. The Morgan fingerprint density at radius 3 is 2.47 bits per heavy atom. The summed E-state index contributed by atoms with van der Waals surface area (Å²) in [6.07, 6.45) is 15.9. The molecule has 0 aliphatic heterocycles. The molecule has 0 radical (unpaired) electrons. The Balaban J connectivity index is 0.00000256. The first-order valence-corrected chi connectivity index (χ1v) is 12.2. The summed E-state index contributed by atoms with van der Waals surface area (Å²) < 4.78 is 0. The van der Waals surface area contributed by atoms with Gasteiger partial charge in [0.2, 0.25) is 0 Å². The molecule has 0 spiro atoms. The van der Waals surface area contributed by atoms with E-state index in [-0.39, 0.29) is 19.4 Å². The summed E-state index contributed by atoms with van der Waals surface area (Å²) in [4.78, 5) is 5.38. The summed E-state index contributed by atoms with van der Waals surface area (Å²) in [5, 5.41) is 3.73. The van der Waals surface area contributed by atoms with Crippen molar-refractivity contribution < 1.29 is 0 Å². The van der Waals surface area contributed by atoms with Gasteiger partial charge in [0.1, 0.15) is 0 Å². The Kier molecular flexibility index (Phi) is 7.69. The third-order valence-electron chi connectivity index (χ3n) is 8.73. The fourth-order valence-corrected chi connectivity index (χ4v) is 6.47. The van der Waals surface area contributed by atoms with Crippen LogP contribution in [-0.4, -0.2) is 18.3 Å². The van der Waals surface area contributed by atoms with Crippen LogP contribution in [-0.2, 0) is 0 Å². The van der Waals surface area contributed by atoms with E-state index in [1.165, 1.54) is 73.9 Å². The van der Waals surface area contributed by atoms with Crippen LogP contribution in [0.5, 0.6) is 0 Å². The number of rotatable bonds is 6. The van der Waals surface area contributed by atoms with Gasteiger partial charge in [-0.15, -0.1) is 0 Å². The van der Waals surface area contributed by atoms with Crippen molar-refractivity contribution in [2.45, 2.75) is 92.5 Å². The maximum absolute atomic E-state index is 5.38. The number of aliphatic imine (C=N–C) groups is 1. The van der Waals surface area contributed by atoms with Crippen molar-refractivity contribution in [3.63, 3.8) is 0 Å². The van der Waals surface area contributed by atoms with Gasteiger partial charge in [-0.25, -0.2) is 0 Å². The van der Waals surface area contributed by atoms with E-state index < -0.39 is 0 Å². The molecule has 2 nitrogen and oxygen atoms in total. The molecule has 4 aliphatic rings. The molecule has 4 rings (SSSR count). The Labute approximate surface area is 186 Å². The van der Waals surface area contributed by atoms with E-state index in [0.717, 1.165) is 36.1 Å². The number of nitrogens with zero attached hydrogens (tertiary/aromatic N) is 1. The average Bonchev–Trinajstić information content (AvgIpc) is 3.34. The van der Waals surface area contributed by atoms with Crippen LogP contribution in [0.2, 0.25) is 0 Å². The molecule has 30 heavy (non-hydrogen) atoms. The number of nitrogens with one attached hydrogen (secondary N) is 1. The lowest BCUT2D eigenvalue weighted by Gasteiger charge is -2.32. The molecular weight excluding hydrogens is 364 g/mol. The number of fused-ring (bicyclic) bond motifs is 2. The van der Waals surface area contributed by atoms with E-state index in [1.54, 1.807) is 0 Å². The van der Waals surface area contributed by atoms with Gasteiger partial charge < -0.3 is 5.32 Å². The highest BCUT2D eigenvalue weighted by Gasteiger charge is 2.41. The fourth-order valence-electron chi connectivity index (χ4n) is 6.47. The van der Waals surface area contributed by atoms with Crippen molar-refractivity contribution in [1.82, 2.24) is 5.32 Å². The van der Waals surface area contributed by atoms with Crippen LogP contribution in [0.4, 0.5) is 0 Å². The van der Waals surface area contributed by atoms with Crippen LogP contribution >= 0.6 is 0 Å². The van der Waals surface area contributed by atoms with Crippen molar-refractivity contribution in [2.24, 2.45) is 40.5 Å². The van der Waals surface area contributed by atoms with Crippen molar-refractivity contribution in [3.8, 4) is 0 Å². The Hall–Kier alpha value is -1.31. The molecule has 3 fully saturated rings. The average molecular weight is 411 g/mol. The molecule has 2 bridgehead atoms. The number of hydrogen-bond donors (Lipinski definition) is 1. The third kappa shape index (κ3) is 4.94. The largest absolute Gasteiger partial charge is 0.388 e. The van der Waals surface area contributed by atoms with E-state index in [4.69, 9.17) is 4.99 Å². The second-order valence-corrected chi connectivity index (χ2v) is 10.8. The predicted molar refractivity (Wildman–Crippen MR) is 132 cm³/mol. The Morgan fingerprint density at radius 1 is 1.10 bits per heavy atom. The lowest BCUT2D eigenvalue weighted by Crippen LogP contribution is -2.34. The van der Waals surface area contributed by atoms with Crippen LogP contribution in [0.15, 0.2) is 40.6 Å². The normalized spacial score (nSPS) is 38.5. The molecule has 1 N–H and O–H groups in total. The second kappa shape index (κ2) is 9.88. The maximum atomic E-state index is 5.38. The third-order valence-corrected chi connectivity index (χ3v) is 8.73. The van der Waals surface area contributed by atoms with Crippen molar-refractivity contribution >= 4 is 5.71 Å². The summed E-state index contributed by atoms with van der Waals surface area (Å²) in [6.45, 7) is 14.8. The second-order valence-electron chi connectivity index (χ2n) is 10.8. The summed E-state index contributed by atoms with van der Waals surface area (Å²) in [5.74, 6) is 4.63. The van der Waals surface area contributed by atoms with Crippen LogP contribution in [0.25, 0.3) is 0 Å². The first kappa shape index (κ1) is 23.4. The summed E-state index contributed by atoms with van der Waals surface area (Å²) in [7, 11) is 0. The molecule has 0 saturated heterocycles. The molecule has 3 saturated carbocycles. The van der Waals surface area contributed by atoms with E-state index in [2.05, 4.69) is 51.7 Å². The first-order chi connectivity index (χ1) is 13.9. The predicted octanol–water partition coefficient (Wildman–Crippen LogP) is 7.34. The van der Waals surface area contributed by atoms with E-state index in [0.29, 0.717) is 0 Å². The van der Waals surface area contributed by atoms with Crippen LogP contribution < -0.4 is 5.32 Å². The monoisotopic (exact) mass is 410 g/mol. The number of hydrogen-bond acceptors (Lipinski definition) is 2. The first-order valence-electron chi connectivity index (χ1n) is 12.2. The van der Waals surface area contributed by atoms with E-state index >= 15 is 0 Å². The molecular formula is C28H46N2. The van der Waals surface area contributed by atoms with Gasteiger partial charge in [-0.05, 0) is 88.0 Å². The van der Waals surface area contributed by atoms with Crippen LogP contribution in [0.1, 0.15) is 86.5 Å². The lowest BCUT2D eigenvalue weighted by molar-refractivity contribution is 0.284. The fraction of sp³-hybridized carbons (Fsp3) is 0.750. The van der Waals surface area contributed by atoms with Gasteiger partial charge >= 0.3 is 0 Å². The molecule has 5 atom stereocenters. The van der Waals surface area contributed by atoms with Crippen LogP contribution in [0, 0.1) is 35.5 Å². The molecule has 4 aliphatic carbocycles. The highest BCUT2D eigenvalue weighted by atomic mass is 14.9. The minimum absolute atomic E-state index is 0. The summed E-state index contributed by atoms with van der Waals surface area (Å²) in [5.41, 5.74) is 5.38. The Bertz CT molecular complexity index is 704. The maximum Gasteiger partial charge on any atom is 0.0828 e. The zero-order valence-corrected chi connectivity index (χ0v) is 19.2. The van der Waals surface area contributed by atoms with E-state index in [9.17, 15) is 0 Å². The van der Waals surface area contributed by atoms with Gasteiger partial charge in [0.15, 0.2) is 0 Å². The SMILES string of the molecule is C.C=C(NCC1CCC(C)CC1)C1C=CC(C)=C(C)[C@@H]1N=C(C)C1CC2CCC1C2. The standard InChI is InChI=1S/C27H42N2.CH4/c1-17-6-9-22(10-7-17)16-28-20(4)25-13-8-18(2)19(3)27(25)29-21(5)26-15-23-11-12-24(26)14-23;/h8,13,17,22-28H,4,6-7,9-12,14-16H2,1-3,5H3;1H4/t17?,22?,23?,24?,25?,26?,27-;/m0./s1. The summed E-state index contributed by atoms with van der Waals surface area (Å²) in [6, 6.07) is 0.227. The highest BCUT2D eigenvalue weighted by Crippen LogP contribution is 2.49. The van der Waals surface area contributed by atoms with Crippen molar-refractivity contribution in [3.05, 3.63) is 35.6 Å². The van der Waals surface area contributed by atoms with Gasteiger partial charge in [0, 0.05) is 23.9 Å². The quantitative estimate of drug-likeness (QED) is 0.455. The van der Waals surface area contributed by atoms with Gasteiger partial charge in [0.05, 0.1) is 6.04 Å². The zero-order valence-electron chi connectivity index (χ0n) is 19.2. The van der Waals surface area contributed by atoms with E-state index in [1.807, 2.05) is 0 Å². The molecule has 0 aromatic heterocycles. The minimum atomic E-state index is 0. The van der Waals surface area contributed by atoms with Gasteiger partial charge in [-0.2, -0.15) is 0 Å². The van der Waals surface area contributed by atoms with Crippen molar-refractivity contribution in [1.29, 1.82) is 0 Å². The Morgan fingerprint density at radius 2 is 1.83 bits per heavy atom.